The summed E-state index contributed by atoms with van der Waals surface area (Å²) in [5, 5.41) is 11.3. The Hall–Kier alpha value is -0.940. The van der Waals surface area contributed by atoms with Crippen LogP contribution in [-0.2, 0) is 18.3 Å². The second-order valence-corrected chi connectivity index (χ2v) is 3.10. The van der Waals surface area contributed by atoms with Crippen molar-refractivity contribution in [3.05, 3.63) is 11.6 Å². The molecule has 0 aliphatic carbocycles. The minimum Gasteiger partial charge on any atom is -0.380 e. The van der Waals surface area contributed by atoms with Crippen LogP contribution in [0.5, 0.6) is 0 Å². The van der Waals surface area contributed by atoms with Gasteiger partial charge in [0.1, 0.15) is 11.6 Å². The molecular weight excluding hydrogens is 180 g/mol. The van der Waals surface area contributed by atoms with Gasteiger partial charge in [0.25, 0.3) is 0 Å². The monoisotopic (exact) mass is 198 g/mol. The number of aromatic nitrogens is 3. The number of hydrogen-bond donors (Lipinski definition) is 1. The van der Waals surface area contributed by atoms with Gasteiger partial charge in [0, 0.05) is 20.2 Å². The van der Waals surface area contributed by atoms with Crippen molar-refractivity contribution in [2.75, 3.05) is 19.8 Å². The van der Waals surface area contributed by atoms with E-state index in [-0.39, 0.29) is 0 Å². The molecule has 0 amide bonds. The fourth-order valence-corrected chi connectivity index (χ4v) is 1.09. The van der Waals surface area contributed by atoms with Crippen molar-refractivity contribution in [1.29, 1.82) is 0 Å². The number of aryl methyl sites for hydroxylation is 1. The average molecular weight is 198 g/mol. The van der Waals surface area contributed by atoms with Crippen LogP contribution in [0.1, 0.15) is 18.6 Å². The van der Waals surface area contributed by atoms with E-state index in [4.69, 9.17) is 4.74 Å². The summed E-state index contributed by atoms with van der Waals surface area (Å²) in [6, 6.07) is 0. The zero-order valence-electron chi connectivity index (χ0n) is 9.08. The first-order valence-corrected chi connectivity index (χ1v) is 4.89. The summed E-state index contributed by atoms with van der Waals surface area (Å²) < 4.78 is 7.18. The molecule has 80 valence electrons. The smallest absolute Gasteiger partial charge is 0.146 e. The van der Waals surface area contributed by atoms with E-state index in [2.05, 4.69) is 15.5 Å². The lowest BCUT2D eigenvalue weighted by atomic mass is 10.5. The summed E-state index contributed by atoms with van der Waals surface area (Å²) in [6.07, 6.45) is 0. The number of hydrogen-bond acceptors (Lipinski definition) is 4. The average Bonchev–Trinajstić information content (AvgIpc) is 2.49. The molecule has 0 unspecified atom stereocenters. The summed E-state index contributed by atoms with van der Waals surface area (Å²) in [6.45, 7) is 7.03. The summed E-state index contributed by atoms with van der Waals surface area (Å²) in [5.74, 6) is 1.89. The van der Waals surface area contributed by atoms with Crippen LogP contribution in [-0.4, -0.2) is 34.5 Å². The molecule has 0 bridgehead atoms. The zero-order chi connectivity index (χ0) is 10.4. The topological polar surface area (TPSA) is 52.0 Å². The van der Waals surface area contributed by atoms with E-state index >= 15 is 0 Å². The molecule has 0 aliphatic heterocycles. The summed E-state index contributed by atoms with van der Waals surface area (Å²) in [7, 11) is 1.97. The molecule has 14 heavy (non-hydrogen) atoms. The van der Waals surface area contributed by atoms with Crippen molar-refractivity contribution in [3.8, 4) is 0 Å². The van der Waals surface area contributed by atoms with Gasteiger partial charge in [-0.2, -0.15) is 0 Å². The summed E-state index contributed by atoms with van der Waals surface area (Å²) in [4.78, 5) is 0. The Balaban J connectivity index is 2.21. The zero-order valence-corrected chi connectivity index (χ0v) is 9.08. The Bertz CT molecular complexity index is 272. The largest absolute Gasteiger partial charge is 0.380 e. The Morgan fingerprint density at radius 3 is 2.79 bits per heavy atom. The van der Waals surface area contributed by atoms with E-state index in [1.165, 1.54) is 0 Å². The molecule has 0 saturated carbocycles. The Kier molecular flexibility index (Phi) is 4.55. The van der Waals surface area contributed by atoms with Crippen LogP contribution in [0.25, 0.3) is 0 Å². The van der Waals surface area contributed by atoms with Crippen molar-refractivity contribution in [3.63, 3.8) is 0 Å². The van der Waals surface area contributed by atoms with Gasteiger partial charge in [0.15, 0.2) is 0 Å². The lowest BCUT2D eigenvalue weighted by molar-refractivity contribution is 0.149. The van der Waals surface area contributed by atoms with Crippen LogP contribution in [0.15, 0.2) is 0 Å². The van der Waals surface area contributed by atoms with Crippen LogP contribution < -0.4 is 5.32 Å². The van der Waals surface area contributed by atoms with E-state index in [1.54, 1.807) is 0 Å². The third-order valence-electron chi connectivity index (χ3n) is 2.09. The first kappa shape index (κ1) is 11.1. The molecule has 0 atom stereocenters. The molecular formula is C9H18N4O. The lowest BCUT2D eigenvalue weighted by Crippen LogP contribution is -2.21. The quantitative estimate of drug-likeness (QED) is 0.666. The van der Waals surface area contributed by atoms with Crippen LogP contribution in [0.3, 0.4) is 0 Å². The number of nitrogens with one attached hydrogen (secondary N) is 1. The normalized spacial score (nSPS) is 10.8. The maximum atomic E-state index is 5.20. The molecule has 0 aromatic carbocycles. The fourth-order valence-electron chi connectivity index (χ4n) is 1.09. The van der Waals surface area contributed by atoms with Crippen molar-refractivity contribution in [1.82, 2.24) is 20.1 Å². The molecule has 0 saturated heterocycles. The highest BCUT2D eigenvalue weighted by Gasteiger charge is 2.02. The van der Waals surface area contributed by atoms with Gasteiger partial charge in [-0.3, -0.25) is 0 Å². The van der Waals surface area contributed by atoms with Crippen molar-refractivity contribution >= 4 is 0 Å². The van der Waals surface area contributed by atoms with Crippen LogP contribution in [0, 0.1) is 6.92 Å². The van der Waals surface area contributed by atoms with Gasteiger partial charge >= 0.3 is 0 Å². The van der Waals surface area contributed by atoms with Crippen LogP contribution >= 0.6 is 0 Å². The minimum absolute atomic E-state index is 0.740. The van der Waals surface area contributed by atoms with Crippen molar-refractivity contribution < 1.29 is 4.74 Å². The third-order valence-corrected chi connectivity index (χ3v) is 2.09. The molecule has 0 aliphatic rings. The van der Waals surface area contributed by atoms with Crippen LogP contribution in [0.2, 0.25) is 0 Å². The maximum absolute atomic E-state index is 5.20. The highest BCUT2D eigenvalue weighted by molar-refractivity contribution is 4.91. The molecule has 1 N–H and O–H groups in total. The second kappa shape index (κ2) is 5.72. The highest BCUT2D eigenvalue weighted by Crippen LogP contribution is 1.95. The number of ether oxygens (including phenoxy) is 1. The predicted molar refractivity (Wildman–Crippen MR) is 53.9 cm³/mol. The van der Waals surface area contributed by atoms with E-state index in [0.717, 1.165) is 38.0 Å². The van der Waals surface area contributed by atoms with Crippen molar-refractivity contribution in [2.24, 2.45) is 7.05 Å². The number of nitrogens with zero attached hydrogens (tertiary/aromatic N) is 3. The molecule has 1 heterocycles. The molecule has 1 rings (SSSR count). The predicted octanol–water partition coefficient (Wildman–Crippen LogP) is 0.250. The second-order valence-electron chi connectivity index (χ2n) is 3.10. The van der Waals surface area contributed by atoms with E-state index < -0.39 is 0 Å². The Morgan fingerprint density at radius 1 is 1.43 bits per heavy atom. The van der Waals surface area contributed by atoms with E-state index in [0.29, 0.717) is 0 Å². The fraction of sp³-hybridized carbons (Fsp3) is 0.778. The molecule has 1 aromatic heterocycles. The molecule has 0 spiro atoms. The van der Waals surface area contributed by atoms with E-state index in [1.807, 2.05) is 25.5 Å². The molecule has 0 radical (unpaired) electrons. The van der Waals surface area contributed by atoms with Gasteiger partial charge in [-0.15, -0.1) is 10.2 Å². The molecule has 1 aromatic rings. The SMILES string of the molecule is CCOCCNCc1nnc(C)n1C. The van der Waals surface area contributed by atoms with Gasteiger partial charge in [0.05, 0.1) is 13.2 Å². The molecule has 0 fully saturated rings. The summed E-state index contributed by atoms with van der Waals surface area (Å²) in [5.41, 5.74) is 0. The van der Waals surface area contributed by atoms with Gasteiger partial charge in [-0.1, -0.05) is 0 Å². The lowest BCUT2D eigenvalue weighted by Gasteiger charge is -2.04. The standard InChI is InChI=1S/C9H18N4O/c1-4-14-6-5-10-7-9-12-11-8(2)13(9)3/h10H,4-7H2,1-3H3. The third kappa shape index (κ3) is 3.08. The minimum atomic E-state index is 0.740. The Labute approximate surface area is 84.5 Å². The summed E-state index contributed by atoms with van der Waals surface area (Å²) >= 11 is 0. The Morgan fingerprint density at radius 2 is 2.21 bits per heavy atom. The number of rotatable bonds is 6. The van der Waals surface area contributed by atoms with Crippen LogP contribution in [0.4, 0.5) is 0 Å². The van der Waals surface area contributed by atoms with E-state index in [9.17, 15) is 0 Å². The first-order valence-electron chi connectivity index (χ1n) is 4.89. The molecule has 5 nitrogen and oxygen atoms in total. The van der Waals surface area contributed by atoms with Gasteiger partial charge in [-0.25, -0.2) is 0 Å². The maximum Gasteiger partial charge on any atom is 0.146 e. The van der Waals surface area contributed by atoms with Crippen molar-refractivity contribution in [2.45, 2.75) is 20.4 Å². The first-order chi connectivity index (χ1) is 6.75. The highest BCUT2D eigenvalue weighted by atomic mass is 16.5. The van der Waals surface area contributed by atoms with Gasteiger partial charge in [-0.05, 0) is 13.8 Å². The molecule has 5 heteroatoms. The van der Waals surface area contributed by atoms with Gasteiger partial charge in [0.2, 0.25) is 0 Å². The van der Waals surface area contributed by atoms with Gasteiger partial charge < -0.3 is 14.6 Å².